The van der Waals surface area contributed by atoms with Gasteiger partial charge in [-0.25, -0.2) is 0 Å². The van der Waals surface area contributed by atoms with Crippen molar-refractivity contribution in [3.05, 3.63) is 47.5 Å². The van der Waals surface area contributed by atoms with Gasteiger partial charge in [0.05, 0.1) is 19.3 Å². The maximum Gasteiger partial charge on any atom is 0.200 e. The largest absolute Gasteiger partial charge is 0.379 e. The zero-order valence-corrected chi connectivity index (χ0v) is 14.2. The van der Waals surface area contributed by atoms with Crippen LogP contribution in [0, 0.1) is 6.92 Å². The van der Waals surface area contributed by atoms with Gasteiger partial charge in [-0.3, -0.25) is 4.90 Å². The molecule has 1 aliphatic rings. The zero-order valence-electron chi connectivity index (χ0n) is 14.2. The molecule has 25 heavy (non-hydrogen) atoms. The van der Waals surface area contributed by atoms with Gasteiger partial charge in [-0.2, -0.15) is 0 Å². The summed E-state index contributed by atoms with van der Waals surface area (Å²) in [7, 11) is 0. The maximum absolute atomic E-state index is 5.51. The molecule has 8 heteroatoms. The lowest BCUT2D eigenvalue weighted by Crippen LogP contribution is -2.41. The highest BCUT2D eigenvalue weighted by Gasteiger charge is 2.22. The molecule has 130 valence electrons. The van der Waals surface area contributed by atoms with Crippen molar-refractivity contribution in [2.24, 2.45) is 0 Å². The number of aryl methyl sites for hydroxylation is 1. The van der Waals surface area contributed by atoms with Crippen molar-refractivity contribution in [2.45, 2.75) is 13.0 Å². The van der Waals surface area contributed by atoms with Gasteiger partial charge in [0.25, 0.3) is 0 Å². The molecule has 1 aliphatic heterocycles. The number of nitrogens with one attached hydrogen (secondary N) is 1. The molecule has 3 aromatic rings. The van der Waals surface area contributed by atoms with E-state index in [4.69, 9.17) is 4.74 Å². The van der Waals surface area contributed by atoms with E-state index in [1.165, 1.54) is 15.8 Å². The number of rotatable bonds is 5. The highest BCUT2D eigenvalue weighted by atomic mass is 16.5. The highest BCUT2D eigenvalue weighted by molar-refractivity contribution is 5.42. The Kier molecular flexibility index (Phi) is 4.53. The summed E-state index contributed by atoms with van der Waals surface area (Å²) in [5.41, 5.74) is 3.19. The normalized spacial score (nSPS) is 16.8. The van der Waals surface area contributed by atoms with E-state index in [1.807, 2.05) is 12.1 Å². The first kappa shape index (κ1) is 15.9. The van der Waals surface area contributed by atoms with Crippen LogP contribution in [-0.2, 0) is 4.74 Å². The summed E-state index contributed by atoms with van der Waals surface area (Å²) in [5, 5.41) is 19.1. The van der Waals surface area contributed by atoms with Gasteiger partial charge in [0, 0.05) is 19.6 Å². The van der Waals surface area contributed by atoms with Crippen LogP contribution in [0.15, 0.2) is 36.4 Å². The molecule has 0 radical (unpaired) electrons. The number of fused-ring (bicyclic) bond motifs is 1. The molecular formula is C17H21N7O. The van der Waals surface area contributed by atoms with Crippen LogP contribution in [0.3, 0.4) is 0 Å². The first-order chi connectivity index (χ1) is 12.3. The lowest BCUT2D eigenvalue weighted by atomic mass is 10.0. The summed E-state index contributed by atoms with van der Waals surface area (Å²) in [6.45, 7) is 6.27. The van der Waals surface area contributed by atoms with E-state index in [1.54, 1.807) is 0 Å². The number of hydrogen-bond donors (Lipinski definition) is 1. The Bertz CT molecular complexity index is 826. The maximum atomic E-state index is 5.51. The minimum Gasteiger partial charge on any atom is -0.379 e. The molecule has 0 aliphatic carbocycles. The van der Waals surface area contributed by atoms with E-state index in [0.717, 1.165) is 38.7 Å². The third kappa shape index (κ3) is 3.59. The lowest BCUT2D eigenvalue weighted by Gasteiger charge is -2.35. The van der Waals surface area contributed by atoms with Crippen LogP contribution in [0.1, 0.15) is 17.2 Å². The van der Waals surface area contributed by atoms with Crippen LogP contribution in [0.25, 0.3) is 5.65 Å². The Morgan fingerprint density at radius 1 is 1.12 bits per heavy atom. The van der Waals surface area contributed by atoms with Crippen molar-refractivity contribution < 1.29 is 4.74 Å². The lowest BCUT2D eigenvalue weighted by molar-refractivity contribution is 0.0187. The molecule has 8 nitrogen and oxygen atoms in total. The van der Waals surface area contributed by atoms with Crippen LogP contribution in [-0.4, -0.2) is 63.0 Å². The topological polar surface area (TPSA) is 80.5 Å². The number of hydrogen-bond acceptors (Lipinski definition) is 7. The third-order valence-electron chi connectivity index (χ3n) is 4.49. The van der Waals surface area contributed by atoms with Gasteiger partial charge in [0.1, 0.15) is 5.82 Å². The molecule has 1 atom stereocenters. The molecule has 0 spiro atoms. The molecule has 3 heterocycles. The number of nitrogens with zero attached hydrogens (tertiary/aromatic N) is 6. The quantitative estimate of drug-likeness (QED) is 0.751. The number of benzene rings is 1. The van der Waals surface area contributed by atoms with Crippen molar-refractivity contribution in [3.63, 3.8) is 0 Å². The van der Waals surface area contributed by atoms with Gasteiger partial charge in [0.2, 0.25) is 0 Å². The number of aromatic nitrogens is 5. The van der Waals surface area contributed by atoms with Crippen LogP contribution in [0.5, 0.6) is 0 Å². The predicted octanol–water partition coefficient (Wildman–Crippen LogP) is 1.31. The van der Waals surface area contributed by atoms with Gasteiger partial charge < -0.3 is 10.1 Å². The SMILES string of the molecule is Cc1ccc([C@H](CNc2ccc3nnnn3n2)N2CCOCC2)cc1. The number of morpholine rings is 1. The van der Waals surface area contributed by atoms with E-state index in [2.05, 4.69) is 62.0 Å². The molecule has 1 aromatic carbocycles. The second-order valence-corrected chi connectivity index (χ2v) is 6.20. The minimum absolute atomic E-state index is 0.260. The Morgan fingerprint density at radius 3 is 2.72 bits per heavy atom. The average Bonchev–Trinajstić information content (AvgIpc) is 3.12. The summed E-state index contributed by atoms with van der Waals surface area (Å²) >= 11 is 0. The molecule has 1 N–H and O–H groups in total. The fourth-order valence-electron chi connectivity index (χ4n) is 3.08. The summed E-state index contributed by atoms with van der Waals surface area (Å²) in [5.74, 6) is 0.755. The molecule has 2 aromatic heterocycles. The fraction of sp³-hybridized carbons (Fsp3) is 0.412. The second kappa shape index (κ2) is 7.12. The summed E-state index contributed by atoms with van der Waals surface area (Å²) < 4.78 is 6.94. The number of ether oxygens (including phenoxy) is 1. The molecule has 1 fully saturated rings. The highest BCUT2D eigenvalue weighted by Crippen LogP contribution is 2.23. The third-order valence-corrected chi connectivity index (χ3v) is 4.49. The van der Waals surface area contributed by atoms with Crippen LogP contribution < -0.4 is 5.32 Å². The van der Waals surface area contributed by atoms with Gasteiger partial charge in [-0.1, -0.05) is 29.8 Å². The summed E-state index contributed by atoms with van der Waals surface area (Å²) in [6, 6.07) is 12.7. The van der Waals surface area contributed by atoms with Crippen LogP contribution >= 0.6 is 0 Å². The van der Waals surface area contributed by atoms with Crippen molar-refractivity contribution in [3.8, 4) is 0 Å². The second-order valence-electron chi connectivity index (χ2n) is 6.20. The Balaban J connectivity index is 1.53. The monoisotopic (exact) mass is 339 g/mol. The molecule has 0 unspecified atom stereocenters. The molecule has 0 bridgehead atoms. The van der Waals surface area contributed by atoms with Crippen molar-refractivity contribution >= 4 is 11.5 Å². The van der Waals surface area contributed by atoms with E-state index in [-0.39, 0.29) is 6.04 Å². The van der Waals surface area contributed by atoms with Crippen LogP contribution in [0.4, 0.5) is 5.82 Å². The first-order valence-electron chi connectivity index (χ1n) is 8.47. The predicted molar refractivity (Wildman–Crippen MR) is 93.4 cm³/mol. The fourth-order valence-corrected chi connectivity index (χ4v) is 3.08. The first-order valence-corrected chi connectivity index (χ1v) is 8.47. The van der Waals surface area contributed by atoms with Gasteiger partial charge >= 0.3 is 0 Å². The van der Waals surface area contributed by atoms with Crippen molar-refractivity contribution in [1.29, 1.82) is 0 Å². The molecule has 4 rings (SSSR count). The van der Waals surface area contributed by atoms with E-state index >= 15 is 0 Å². The summed E-state index contributed by atoms with van der Waals surface area (Å²) in [6.07, 6.45) is 0. The van der Waals surface area contributed by atoms with Gasteiger partial charge in [-0.15, -0.1) is 14.8 Å². The Hall–Kier alpha value is -2.58. The Morgan fingerprint density at radius 2 is 1.92 bits per heavy atom. The minimum atomic E-state index is 0.260. The summed E-state index contributed by atoms with van der Waals surface area (Å²) in [4.78, 5) is 2.46. The Labute approximate surface area is 145 Å². The van der Waals surface area contributed by atoms with E-state index in [9.17, 15) is 0 Å². The van der Waals surface area contributed by atoms with Crippen molar-refractivity contribution in [2.75, 3.05) is 38.2 Å². The number of tetrazole rings is 1. The van der Waals surface area contributed by atoms with Crippen molar-refractivity contribution in [1.82, 2.24) is 30.2 Å². The smallest absolute Gasteiger partial charge is 0.200 e. The molecule has 0 saturated carbocycles. The van der Waals surface area contributed by atoms with Crippen LogP contribution in [0.2, 0.25) is 0 Å². The number of anilines is 1. The van der Waals surface area contributed by atoms with E-state index in [0.29, 0.717) is 5.65 Å². The van der Waals surface area contributed by atoms with E-state index < -0.39 is 0 Å². The molecule has 1 saturated heterocycles. The zero-order chi connectivity index (χ0) is 17.1. The van der Waals surface area contributed by atoms with Gasteiger partial charge in [-0.05, 0) is 35.0 Å². The standard InChI is InChI=1S/C17H21N7O/c1-13-2-4-14(5-3-13)15(23-8-10-25-11-9-23)12-18-16-6-7-17-19-21-22-24(17)20-16/h2-7,15H,8-12H2,1H3,(H,18,20)/t15-/m0/s1. The van der Waals surface area contributed by atoms with Gasteiger partial charge in [0.15, 0.2) is 5.65 Å². The average molecular weight is 339 g/mol. The molecular weight excluding hydrogens is 318 g/mol. The molecule has 0 amide bonds.